The molecule has 0 amide bonds. The van der Waals surface area contributed by atoms with Gasteiger partial charge in [0.05, 0.1) is 37.5 Å². The maximum absolute atomic E-state index is 13.9. The van der Waals surface area contributed by atoms with Crippen LogP contribution >= 0.6 is 15.9 Å². The summed E-state index contributed by atoms with van der Waals surface area (Å²) in [4.78, 5) is 27.3. The number of hydrogen-bond acceptors (Lipinski definition) is 9. The predicted molar refractivity (Wildman–Crippen MR) is 152 cm³/mol. The molecule has 10 heteroatoms. The molecule has 2 aromatic rings. The van der Waals surface area contributed by atoms with Crippen LogP contribution in [-0.4, -0.2) is 58.0 Å². The zero-order chi connectivity index (χ0) is 29.0. The van der Waals surface area contributed by atoms with Crippen LogP contribution in [0.1, 0.15) is 49.7 Å². The van der Waals surface area contributed by atoms with E-state index in [1.54, 1.807) is 33.3 Å². The Morgan fingerprint density at radius 2 is 1.75 bits per heavy atom. The van der Waals surface area contributed by atoms with Gasteiger partial charge in [-0.25, -0.2) is 4.79 Å². The van der Waals surface area contributed by atoms with Gasteiger partial charge in [0, 0.05) is 36.4 Å². The van der Waals surface area contributed by atoms with Gasteiger partial charge in [0.15, 0.2) is 28.8 Å². The van der Waals surface area contributed by atoms with Crippen LogP contribution in [0.15, 0.2) is 57.3 Å². The smallest absolute Gasteiger partial charge is 0.336 e. The van der Waals surface area contributed by atoms with Crippen molar-refractivity contribution in [1.82, 2.24) is 5.32 Å². The van der Waals surface area contributed by atoms with Crippen LogP contribution in [0.4, 0.5) is 0 Å². The molecule has 1 aliphatic carbocycles. The lowest BCUT2D eigenvalue weighted by atomic mass is 9.71. The number of halogens is 1. The number of phenolic OH excluding ortho intramolecular Hbond substituents is 1. The Hall–Kier alpha value is -3.50. The van der Waals surface area contributed by atoms with Gasteiger partial charge in [-0.05, 0) is 77.5 Å². The van der Waals surface area contributed by atoms with E-state index in [0.29, 0.717) is 51.4 Å². The molecule has 0 radical (unpaired) electrons. The quantitative estimate of drug-likeness (QED) is 0.278. The van der Waals surface area contributed by atoms with Gasteiger partial charge in [-0.1, -0.05) is 6.07 Å². The lowest BCUT2D eigenvalue weighted by Crippen LogP contribution is -2.36. The van der Waals surface area contributed by atoms with Crippen LogP contribution in [0.25, 0.3) is 0 Å². The van der Waals surface area contributed by atoms with Crippen LogP contribution < -0.4 is 19.5 Å². The number of Topliss-reactive ketones (excluding diaryl/α,β-unsaturated/α-hetero) is 1. The van der Waals surface area contributed by atoms with Crippen molar-refractivity contribution in [2.75, 3.05) is 41.2 Å². The number of allylic oxidation sites excluding steroid dienone is 3. The second-order valence-electron chi connectivity index (χ2n) is 9.54. The molecule has 0 spiro atoms. The van der Waals surface area contributed by atoms with Gasteiger partial charge in [-0.2, -0.15) is 0 Å². The monoisotopic (exact) mass is 615 g/mol. The lowest BCUT2D eigenvalue weighted by molar-refractivity contribution is -0.140. The molecule has 1 aliphatic heterocycles. The van der Waals surface area contributed by atoms with Crippen molar-refractivity contribution in [1.29, 1.82) is 0 Å². The number of ether oxygens (including phenoxy) is 5. The zero-order valence-electron chi connectivity index (χ0n) is 23.3. The largest absolute Gasteiger partial charge is 0.503 e. The molecule has 0 aromatic heterocycles. The highest BCUT2D eigenvalue weighted by Gasteiger charge is 2.42. The van der Waals surface area contributed by atoms with Crippen molar-refractivity contribution in [3.05, 3.63) is 68.5 Å². The summed E-state index contributed by atoms with van der Waals surface area (Å²) in [5.74, 6) is -0.0512. The molecule has 2 aromatic carbocycles. The van der Waals surface area contributed by atoms with E-state index in [2.05, 4.69) is 21.2 Å². The fourth-order valence-corrected chi connectivity index (χ4v) is 5.77. The predicted octanol–water partition coefficient (Wildman–Crippen LogP) is 5.12. The summed E-state index contributed by atoms with van der Waals surface area (Å²) >= 11 is 3.41. The topological polar surface area (TPSA) is 113 Å². The summed E-state index contributed by atoms with van der Waals surface area (Å²) in [5.41, 5.74) is 3.74. The Balaban J connectivity index is 1.81. The van der Waals surface area contributed by atoms with Crippen molar-refractivity contribution in [2.45, 2.75) is 38.5 Å². The van der Waals surface area contributed by atoms with E-state index < -0.39 is 11.9 Å². The van der Waals surface area contributed by atoms with Gasteiger partial charge < -0.3 is 34.1 Å². The number of ketones is 1. The minimum absolute atomic E-state index is 0.0536. The van der Waals surface area contributed by atoms with E-state index in [-0.39, 0.29) is 42.8 Å². The molecule has 0 saturated heterocycles. The van der Waals surface area contributed by atoms with Gasteiger partial charge in [0.1, 0.15) is 6.61 Å². The molecular formula is C30H34BrNO8. The maximum Gasteiger partial charge on any atom is 0.336 e. The van der Waals surface area contributed by atoms with Crippen molar-refractivity contribution in [3.8, 4) is 23.0 Å². The molecule has 40 heavy (non-hydrogen) atoms. The zero-order valence-corrected chi connectivity index (χ0v) is 24.8. The minimum Gasteiger partial charge on any atom is -0.503 e. The number of carbonyl (C=O) groups is 2. The van der Waals surface area contributed by atoms with E-state index in [4.69, 9.17) is 23.7 Å². The van der Waals surface area contributed by atoms with Gasteiger partial charge in [-0.15, -0.1) is 0 Å². The average Bonchev–Trinajstić information content (AvgIpc) is 2.94. The second kappa shape index (κ2) is 12.8. The molecule has 2 N–H and O–H groups in total. The molecule has 0 saturated carbocycles. The molecule has 1 heterocycles. The normalized spacial score (nSPS) is 18.7. The van der Waals surface area contributed by atoms with Gasteiger partial charge in [-0.3, -0.25) is 4.79 Å². The highest BCUT2D eigenvalue weighted by atomic mass is 79.9. The number of nitrogens with one attached hydrogen (secondary N) is 1. The Kier molecular flexibility index (Phi) is 9.42. The molecule has 2 aliphatic rings. The number of rotatable bonds is 10. The van der Waals surface area contributed by atoms with E-state index in [1.165, 1.54) is 7.11 Å². The number of benzene rings is 2. The van der Waals surface area contributed by atoms with Gasteiger partial charge >= 0.3 is 5.97 Å². The first kappa shape index (κ1) is 29.5. The van der Waals surface area contributed by atoms with Gasteiger partial charge in [0.2, 0.25) is 0 Å². The summed E-state index contributed by atoms with van der Waals surface area (Å²) in [6, 6.07) is 9.06. The molecule has 0 fully saturated rings. The third-order valence-electron chi connectivity index (χ3n) is 7.13. The fraction of sp³-hybridized carbons (Fsp3) is 0.400. The summed E-state index contributed by atoms with van der Waals surface area (Å²) in [7, 11) is 4.69. The molecule has 0 bridgehead atoms. The first-order chi connectivity index (χ1) is 19.2. The molecule has 4 rings (SSSR count). The number of methoxy groups -OCH3 is 3. The second-order valence-corrected chi connectivity index (χ2v) is 10.4. The molecule has 9 nitrogen and oxygen atoms in total. The SMILES string of the molecule is CCOc1cc([C@@H]2C(C(=O)OCCOC)=C(C)NC3=C2C(=O)C[C@@H](c2ccc(OC)c(OC)c2)C3)cc(Br)c1O. The fourth-order valence-electron chi connectivity index (χ4n) is 5.31. The number of aromatic hydroxyl groups is 1. The van der Waals surface area contributed by atoms with E-state index in [1.807, 2.05) is 25.1 Å². The van der Waals surface area contributed by atoms with Crippen LogP contribution in [0.3, 0.4) is 0 Å². The Labute approximate surface area is 242 Å². The first-order valence-electron chi connectivity index (χ1n) is 13.0. The number of dihydropyridines is 1. The maximum atomic E-state index is 13.9. The van der Waals surface area contributed by atoms with Crippen LogP contribution in [0.5, 0.6) is 23.0 Å². The summed E-state index contributed by atoms with van der Waals surface area (Å²) in [6.07, 6.45) is 0.795. The highest BCUT2D eigenvalue weighted by Crippen LogP contribution is 2.48. The van der Waals surface area contributed by atoms with E-state index >= 15 is 0 Å². The third-order valence-corrected chi connectivity index (χ3v) is 7.74. The number of hydrogen-bond donors (Lipinski definition) is 2. The summed E-state index contributed by atoms with van der Waals surface area (Å²) in [6.45, 7) is 4.26. The molecule has 0 unspecified atom stereocenters. The van der Waals surface area contributed by atoms with Crippen molar-refractivity contribution in [2.24, 2.45) is 0 Å². The average molecular weight is 617 g/mol. The van der Waals surface area contributed by atoms with Crippen molar-refractivity contribution in [3.63, 3.8) is 0 Å². The molecule has 2 atom stereocenters. The number of carbonyl (C=O) groups excluding carboxylic acids is 2. The number of phenols is 1. The lowest BCUT2D eigenvalue weighted by Gasteiger charge is -2.37. The Bertz CT molecular complexity index is 1370. The standard InChI is InChI=1S/C30H34BrNO8/c1-6-39-25-15-19(11-20(31)29(25)34)27-26(30(35)40-10-9-36-3)16(2)32-21-12-18(13-22(33)28(21)27)17-7-8-23(37-4)24(14-17)38-5/h7-8,11,14-15,18,27,32,34H,6,9-10,12-13H2,1-5H3/t18-,27+/m0/s1. The van der Waals surface area contributed by atoms with Crippen LogP contribution in [-0.2, 0) is 19.1 Å². The van der Waals surface area contributed by atoms with Crippen LogP contribution in [0, 0.1) is 0 Å². The van der Waals surface area contributed by atoms with E-state index in [9.17, 15) is 14.7 Å². The Morgan fingerprint density at radius 3 is 2.42 bits per heavy atom. The van der Waals surface area contributed by atoms with Crippen LogP contribution in [0.2, 0.25) is 0 Å². The minimum atomic E-state index is -0.721. The highest BCUT2D eigenvalue weighted by molar-refractivity contribution is 9.10. The molecule has 214 valence electrons. The van der Waals surface area contributed by atoms with Gasteiger partial charge in [0.25, 0.3) is 0 Å². The summed E-state index contributed by atoms with van der Waals surface area (Å²) in [5, 5.41) is 13.9. The number of esters is 1. The molecular weight excluding hydrogens is 582 g/mol. The first-order valence-corrected chi connectivity index (χ1v) is 13.8. The Morgan fingerprint density at radius 1 is 1.02 bits per heavy atom. The van der Waals surface area contributed by atoms with E-state index in [0.717, 1.165) is 11.3 Å². The van der Waals surface area contributed by atoms with Crippen molar-refractivity contribution < 1.29 is 38.4 Å². The van der Waals surface area contributed by atoms with Crippen molar-refractivity contribution >= 4 is 27.7 Å². The third kappa shape index (κ3) is 5.83. The summed E-state index contributed by atoms with van der Waals surface area (Å²) < 4.78 is 27.5.